The molecular weight excluding hydrogens is 318 g/mol. The van der Waals surface area contributed by atoms with Crippen molar-refractivity contribution in [2.75, 3.05) is 31.2 Å². The van der Waals surface area contributed by atoms with Crippen LogP contribution in [0.2, 0.25) is 0 Å². The lowest BCUT2D eigenvalue weighted by atomic mass is 10.1. The van der Waals surface area contributed by atoms with Crippen LogP contribution in [0.3, 0.4) is 0 Å². The normalized spacial score (nSPS) is 13.6. The third kappa shape index (κ3) is 3.83. The van der Waals surface area contributed by atoms with Crippen LogP contribution >= 0.6 is 15.9 Å². The highest BCUT2D eigenvalue weighted by molar-refractivity contribution is 9.10. The molecular formula is C16H22BrNO2. The minimum absolute atomic E-state index is 0.750. The minimum Gasteiger partial charge on any atom is -0.381 e. The Balaban J connectivity index is 1.87. The number of halogens is 1. The van der Waals surface area contributed by atoms with Crippen molar-refractivity contribution in [1.29, 1.82) is 0 Å². The number of hydrogen-bond donors (Lipinski definition) is 0. The molecule has 110 valence electrons. The Bertz CT molecular complexity index is 462. The zero-order valence-electron chi connectivity index (χ0n) is 12.0. The predicted molar refractivity (Wildman–Crippen MR) is 85.8 cm³/mol. The molecule has 0 radical (unpaired) electrons. The van der Waals surface area contributed by atoms with E-state index in [1.54, 1.807) is 0 Å². The van der Waals surface area contributed by atoms with Crippen molar-refractivity contribution in [3.8, 4) is 0 Å². The maximum Gasteiger partial charge on any atom is 0.150 e. The summed E-state index contributed by atoms with van der Waals surface area (Å²) < 4.78 is 6.63. The maximum absolute atomic E-state index is 10.9. The number of anilines is 1. The van der Waals surface area contributed by atoms with Crippen LogP contribution in [-0.4, -0.2) is 32.6 Å². The van der Waals surface area contributed by atoms with E-state index in [1.807, 2.05) is 12.1 Å². The van der Waals surface area contributed by atoms with Gasteiger partial charge in [-0.1, -0.05) is 13.3 Å². The summed E-state index contributed by atoms with van der Waals surface area (Å²) in [6.07, 6.45) is 5.31. The maximum atomic E-state index is 10.9. The number of fused-ring (bicyclic) bond motifs is 1. The Hall–Kier alpha value is -0.870. The number of hydrogen-bond acceptors (Lipinski definition) is 3. The van der Waals surface area contributed by atoms with Gasteiger partial charge in [-0.25, -0.2) is 0 Å². The number of benzene rings is 1. The van der Waals surface area contributed by atoms with E-state index in [-0.39, 0.29) is 0 Å². The van der Waals surface area contributed by atoms with Gasteiger partial charge in [0.05, 0.1) is 5.69 Å². The van der Waals surface area contributed by atoms with Gasteiger partial charge in [-0.15, -0.1) is 0 Å². The molecule has 0 aliphatic carbocycles. The van der Waals surface area contributed by atoms with Crippen LogP contribution in [0, 0.1) is 0 Å². The van der Waals surface area contributed by atoms with E-state index in [9.17, 15) is 4.79 Å². The molecule has 1 aliphatic rings. The number of aldehydes is 1. The summed E-state index contributed by atoms with van der Waals surface area (Å²) >= 11 is 3.59. The fourth-order valence-corrected chi connectivity index (χ4v) is 3.36. The molecule has 20 heavy (non-hydrogen) atoms. The number of unbranched alkanes of at least 4 members (excludes halogenated alkanes) is 1. The molecule has 0 spiro atoms. The fourth-order valence-electron chi connectivity index (χ4n) is 2.59. The predicted octanol–water partition coefficient (Wildman–Crippen LogP) is 3.83. The van der Waals surface area contributed by atoms with Gasteiger partial charge >= 0.3 is 0 Å². The molecule has 1 aliphatic heterocycles. The third-order valence-electron chi connectivity index (χ3n) is 3.63. The Morgan fingerprint density at radius 3 is 2.90 bits per heavy atom. The zero-order chi connectivity index (χ0) is 14.4. The molecule has 0 saturated carbocycles. The number of carbonyl (C=O) groups excluding carboxylic acids is 1. The lowest BCUT2D eigenvalue weighted by Crippen LogP contribution is -2.23. The number of rotatable bonds is 8. The standard InChI is InChI=1S/C16H22BrNO2/c1-2-3-8-20-9-4-6-18-7-5-14-10-13(12-19)11-15(17)16(14)18/h10-12H,2-9H2,1H3. The highest BCUT2D eigenvalue weighted by atomic mass is 79.9. The van der Waals surface area contributed by atoms with Gasteiger partial charge in [-0.05, 0) is 52.9 Å². The first-order chi connectivity index (χ1) is 9.76. The highest BCUT2D eigenvalue weighted by Crippen LogP contribution is 2.36. The zero-order valence-corrected chi connectivity index (χ0v) is 13.6. The Labute approximate surface area is 129 Å². The van der Waals surface area contributed by atoms with E-state index in [0.717, 1.165) is 61.9 Å². The highest BCUT2D eigenvalue weighted by Gasteiger charge is 2.22. The average Bonchev–Trinajstić information content (AvgIpc) is 2.86. The first kappa shape index (κ1) is 15.5. The molecule has 2 rings (SSSR count). The molecule has 1 aromatic rings. The van der Waals surface area contributed by atoms with Gasteiger partial charge in [0.1, 0.15) is 6.29 Å². The molecule has 0 bridgehead atoms. The van der Waals surface area contributed by atoms with Gasteiger partial charge < -0.3 is 9.64 Å². The average molecular weight is 340 g/mol. The molecule has 0 fully saturated rings. The van der Waals surface area contributed by atoms with Crippen LogP contribution in [-0.2, 0) is 11.2 Å². The molecule has 0 amide bonds. The van der Waals surface area contributed by atoms with Crippen LogP contribution in [0.4, 0.5) is 5.69 Å². The van der Waals surface area contributed by atoms with Crippen molar-refractivity contribution in [3.05, 3.63) is 27.7 Å². The Morgan fingerprint density at radius 1 is 1.35 bits per heavy atom. The molecule has 0 atom stereocenters. The van der Waals surface area contributed by atoms with Gasteiger partial charge in [0.25, 0.3) is 0 Å². The Kier molecular flexibility index (Phi) is 6.05. The van der Waals surface area contributed by atoms with Crippen molar-refractivity contribution >= 4 is 27.9 Å². The van der Waals surface area contributed by atoms with Crippen LogP contribution in [0.1, 0.15) is 42.1 Å². The van der Waals surface area contributed by atoms with Gasteiger partial charge in [0.2, 0.25) is 0 Å². The second-order valence-corrected chi connectivity index (χ2v) is 6.04. The summed E-state index contributed by atoms with van der Waals surface area (Å²) in [5.41, 5.74) is 3.28. The van der Waals surface area contributed by atoms with E-state index < -0.39 is 0 Å². The number of ether oxygens (including phenoxy) is 1. The first-order valence-electron chi connectivity index (χ1n) is 7.36. The molecule has 0 aromatic heterocycles. The van der Waals surface area contributed by atoms with Crippen molar-refractivity contribution in [1.82, 2.24) is 0 Å². The molecule has 1 aromatic carbocycles. The summed E-state index contributed by atoms with van der Waals surface area (Å²) in [5, 5.41) is 0. The second kappa shape index (κ2) is 7.79. The second-order valence-electron chi connectivity index (χ2n) is 5.18. The SMILES string of the molecule is CCCCOCCCN1CCc2cc(C=O)cc(Br)c21. The molecule has 0 N–H and O–H groups in total. The third-order valence-corrected chi connectivity index (χ3v) is 4.23. The molecule has 1 heterocycles. The summed E-state index contributed by atoms with van der Waals surface area (Å²) in [6, 6.07) is 3.91. The van der Waals surface area contributed by atoms with Crippen LogP contribution in [0.25, 0.3) is 0 Å². The Morgan fingerprint density at radius 2 is 2.15 bits per heavy atom. The fraction of sp³-hybridized carbons (Fsp3) is 0.562. The summed E-state index contributed by atoms with van der Waals surface area (Å²) in [6.45, 7) is 5.92. The van der Waals surface area contributed by atoms with Gasteiger partial charge in [-0.2, -0.15) is 0 Å². The molecule has 3 nitrogen and oxygen atoms in total. The first-order valence-corrected chi connectivity index (χ1v) is 8.16. The van der Waals surface area contributed by atoms with E-state index in [0.29, 0.717) is 0 Å². The quantitative estimate of drug-likeness (QED) is 0.532. The van der Waals surface area contributed by atoms with Crippen molar-refractivity contribution in [2.45, 2.75) is 32.6 Å². The number of nitrogens with zero attached hydrogens (tertiary/aromatic N) is 1. The summed E-state index contributed by atoms with van der Waals surface area (Å²) in [4.78, 5) is 13.3. The summed E-state index contributed by atoms with van der Waals surface area (Å²) in [5.74, 6) is 0. The lowest BCUT2D eigenvalue weighted by molar-refractivity contribution is 0.112. The van der Waals surface area contributed by atoms with Crippen LogP contribution in [0.15, 0.2) is 16.6 Å². The van der Waals surface area contributed by atoms with E-state index in [1.165, 1.54) is 17.7 Å². The molecule has 4 heteroatoms. The van der Waals surface area contributed by atoms with Crippen LogP contribution < -0.4 is 4.90 Å². The lowest BCUT2D eigenvalue weighted by Gasteiger charge is -2.20. The van der Waals surface area contributed by atoms with E-state index >= 15 is 0 Å². The topological polar surface area (TPSA) is 29.5 Å². The minimum atomic E-state index is 0.750. The monoisotopic (exact) mass is 339 g/mol. The van der Waals surface area contributed by atoms with Crippen molar-refractivity contribution in [3.63, 3.8) is 0 Å². The van der Waals surface area contributed by atoms with Crippen molar-refractivity contribution < 1.29 is 9.53 Å². The largest absolute Gasteiger partial charge is 0.381 e. The summed E-state index contributed by atoms with van der Waals surface area (Å²) in [7, 11) is 0. The number of carbonyl (C=O) groups is 1. The smallest absolute Gasteiger partial charge is 0.150 e. The van der Waals surface area contributed by atoms with E-state index in [4.69, 9.17) is 4.74 Å². The van der Waals surface area contributed by atoms with Crippen molar-refractivity contribution in [2.24, 2.45) is 0 Å². The van der Waals surface area contributed by atoms with Gasteiger partial charge in [0, 0.05) is 36.3 Å². The van der Waals surface area contributed by atoms with Gasteiger partial charge in [0.15, 0.2) is 0 Å². The van der Waals surface area contributed by atoms with Gasteiger partial charge in [-0.3, -0.25) is 4.79 Å². The molecule has 0 unspecified atom stereocenters. The van der Waals surface area contributed by atoms with E-state index in [2.05, 4.69) is 27.8 Å². The van der Waals surface area contributed by atoms with Crippen LogP contribution in [0.5, 0.6) is 0 Å². The molecule has 0 saturated heterocycles.